The van der Waals surface area contributed by atoms with Crippen molar-refractivity contribution in [1.82, 2.24) is 9.80 Å². The van der Waals surface area contributed by atoms with E-state index in [0.717, 1.165) is 44.8 Å². The molecule has 0 saturated carbocycles. The number of nitrogens with one attached hydrogen (secondary N) is 1. The molecule has 1 fully saturated rings. The van der Waals surface area contributed by atoms with Gasteiger partial charge in [-0.25, -0.2) is 4.79 Å². The van der Waals surface area contributed by atoms with Crippen LogP contribution in [0.2, 0.25) is 0 Å². The van der Waals surface area contributed by atoms with Crippen LogP contribution in [-0.2, 0) is 19.4 Å². The molecule has 0 spiro atoms. The van der Waals surface area contributed by atoms with E-state index < -0.39 is 0 Å². The number of carbonyl (C=O) groups is 1. The second-order valence-electron chi connectivity index (χ2n) is 7.02. The molecule has 1 aliphatic carbocycles. The lowest BCUT2D eigenvalue weighted by Gasteiger charge is -2.34. The topological polar surface area (TPSA) is 35.6 Å². The first kappa shape index (κ1) is 16.2. The molecule has 2 aromatic carbocycles. The number of amides is 2. The van der Waals surface area contributed by atoms with Crippen molar-refractivity contribution in [3.63, 3.8) is 0 Å². The number of hydrogen-bond donors (Lipinski definition) is 1. The second kappa shape index (κ2) is 7.28. The maximum atomic E-state index is 12.5. The summed E-state index contributed by atoms with van der Waals surface area (Å²) < 4.78 is 0. The van der Waals surface area contributed by atoms with Crippen LogP contribution < -0.4 is 5.32 Å². The van der Waals surface area contributed by atoms with E-state index in [1.807, 2.05) is 17.0 Å². The molecule has 4 nitrogen and oxygen atoms in total. The molecule has 1 aliphatic heterocycles. The zero-order chi connectivity index (χ0) is 17.1. The Kier molecular flexibility index (Phi) is 4.70. The fraction of sp³-hybridized carbons (Fsp3) is 0.381. The summed E-state index contributed by atoms with van der Waals surface area (Å²) >= 11 is 0. The van der Waals surface area contributed by atoms with E-state index in [9.17, 15) is 4.79 Å². The molecule has 2 aliphatic rings. The quantitative estimate of drug-likeness (QED) is 0.931. The molecule has 0 bridgehead atoms. The van der Waals surface area contributed by atoms with Crippen molar-refractivity contribution in [3.8, 4) is 0 Å². The normalized spacial score (nSPS) is 17.4. The van der Waals surface area contributed by atoms with Gasteiger partial charge in [-0.3, -0.25) is 4.90 Å². The summed E-state index contributed by atoms with van der Waals surface area (Å²) in [4.78, 5) is 16.9. The maximum Gasteiger partial charge on any atom is 0.321 e. The van der Waals surface area contributed by atoms with E-state index in [2.05, 4.69) is 46.6 Å². The standard InChI is InChI=1S/C21H25N3O/c25-21(22-20-10-9-18-7-4-8-19(18)15-20)24-13-11-23(12-14-24)16-17-5-2-1-3-6-17/h1-3,5-6,9-10,15H,4,7-8,11-14,16H2,(H,22,25). The van der Waals surface area contributed by atoms with Gasteiger partial charge in [0, 0.05) is 38.4 Å². The van der Waals surface area contributed by atoms with Gasteiger partial charge in [0.05, 0.1) is 0 Å². The van der Waals surface area contributed by atoms with E-state index in [4.69, 9.17) is 0 Å². The lowest BCUT2D eigenvalue weighted by Crippen LogP contribution is -2.49. The fourth-order valence-corrected chi connectivity index (χ4v) is 3.80. The number of anilines is 1. The summed E-state index contributed by atoms with van der Waals surface area (Å²) in [6, 6.07) is 16.9. The molecule has 130 valence electrons. The Labute approximate surface area is 149 Å². The van der Waals surface area contributed by atoms with Crippen LogP contribution in [0.3, 0.4) is 0 Å². The molecule has 4 rings (SSSR count). The molecule has 0 atom stereocenters. The zero-order valence-corrected chi connectivity index (χ0v) is 14.6. The number of benzene rings is 2. The highest BCUT2D eigenvalue weighted by Crippen LogP contribution is 2.25. The minimum Gasteiger partial charge on any atom is -0.322 e. The van der Waals surface area contributed by atoms with Crippen LogP contribution in [0.25, 0.3) is 0 Å². The van der Waals surface area contributed by atoms with Gasteiger partial charge in [-0.15, -0.1) is 0 Å². The highest BCUT2D eigenvalue weighted by Gasteiger charge is 2.21. The number of rotatable bonds is 3. The van der Waals surface area contributed by atoms with Crippen molar-refractivity contribution in [2.75, 3.05) is 31.5 Å². The van der Waals surface area contributed by atoms with Gasteiger partial charge in [-0.05, 0) is 48.1 Å². The van der Waals surface area contributed by atoms with Gasteiger partial charge in [0.15, 0.2) is 0 Å². The molecular weight excluding hydrogens is 310 g/mol. The highest BCUT2D eigenvalue weighted by molar-refractivity contribution is 5.89. The van der Waals surface area contributed by atoms with Crippen molar-refractivity contribution < 1.29 is 4.79 Å². The average molecular weight is 335 g/mol. The molecule has 2 amide bonds. The van der Waals surface area contributed by atoms with E-state index in [0.29, 0.717) is 0 Å². The summed E-state index contributed by atoms with van der Waals surface area (Å²) in [5, 5.41) is 3.07. The van der Waals surface area contributed by atoms with Crippen LogP contribution >= 0.6 is 0 Å². The SMILES string of the molecule is O=C(Nc1ccc2c(c1)CCC2)N1CCN(Cc2ccccc2)CC1. The monoisotopic (exact) mass is 335 g/mol. The maximum absolute atomic E-state index is 12.5. The molecule has 4 heteroatoms. The summed E-state index contributed by atoms with van der Waals surface area (Å²) in [7, 11) is 0. The Morgan fingerprint density at radius 1 is 0.920 bits per heavy atom. The molecule has 1 heterocycles. The number of nitrogens with zero attached hydrogens (tertiary/aromatic N) is 2. The third kappa shape index (κ3) is 3.85. The van der Waals surface area contributed by atoms with Crippen LogP contribution in [0.4, 0.5) is 10.5 Å². The predicted octanol–water partition coefficient (Wildman–Crippen LogP) is 3.53. The summed E-state index contributed by atoms with van der Waals surface area (Å²) in [6.07, 6.45) is 3.54. The fourth-order valence-electron chi connectivity index (χ4n) is 3.80. The first-order valence-corrected chi connectivity index (χ1v) is 9.22. The van der Waals surface area contributed by atoms with Gasteiger partial charge in [0.25, 0.3) is 0 Å². The number of aryl methyl sites for hydroxylation is 2. The summed E-state index contributed by atoms with van der Waals surface area (Å²) in [5.74, 6) is 0. The van der Waals surface area contributed by atoms with Crippen molar-refractivity contribution in [3.05, 3.63) is 65.2 Å². The minimum atomic E-state index is 0.0253. The van der Waals surface area contributed by atoms with E-state index in [1.54, 1.807) is 0 Å². The number of carbonyl (C=O) groups excluding carboxylic acids is 1. The number of fused-ring (bicyclic) bond motifs is 1. The molecule has 1 N–H and O–H groups in total. The molecule has 2 aromatic rings. The first-order chi connectivity index (χ1) is 12.3. The van der Waals surface area contributed by atoms with Crippen LogP contribution in [0.15, 0.2) is 48.5 Å². The van der Waals surface area contributed by atoms with Gasteiger partial charge >= 0.3 is 6.03 Å². The summed E-state index contributed by atoms with van der Waals surface area (Å²) in [6.45, 7) is 4.37. The Morgan fingerprint density at radius 2 is 1.68 bits per heavy atom. The van der Waals surface area contributed by atoms with Crippen molar-refractivity contribution in [2.24, 2.45) is 0 Å². The van der Waals surface area contributed by atoms with Crippen LogP contribution in [0, 0.1) is 0 Å². The number of urea groups is 1. The first-order valence-electron chi connectivity index (χ1n) is 9.22. The highest BCUT2D eigenvalue weighted by atomic mass is 16.2. The number of hydrogen-bond acceptors (Lipinski definition) is 2. The molecule has 0 radical (unpaired) electrons. The predicted molar refractivity (Wildman–Crippen MR) is 101 cm³/mol. The van der Waals surface area contributed by atoms with Crippen molar-refractivity contribution >= 4 is 11.7 Å². The lowest BCUT2D eigenvalue weighted by molar-refractivity contribution is 0.143. The van der Waals surface area contributed by atoms with Gasteiger partial charge in [-0.2, -0.15) is 0 Å². The van der Waals surface area contributed by atoms with Crippen molar-refractivity contribution in [2.45, 2.75) is 25.8 Å². The van der Waals surface area contributed by atoms with Gasteiger partial charge in [0.2, 0.25) is 0 Å². The lowest BCUT2D eigenvalue weighted by atomic mass is 10.1. The number of piperazine rings is 1. The molecule has 0 aromatic heterocycles. The van der Waals surface area contributed by atoms with Gasteiger partial charge in [-0.1, -0.05) is 36.4 Å². The van der Waals surface area contributed by atoms with Gasteiger partial charge in [0.1, 0.15) is 0 Å². The molecular formula is C21H25N3O. The van der Waals surface area contributed by atoms with Crippen molar-refractivity contribution in [1.29, 1.82) is 0 Å². The molecule has 25 heavy (non-hydrogen) atoms. The van der Waals surface area contributed by atoms with Crippen LogP contribution in [0.5, 0.6) is 0 Å². The minimum absolute atomic E-state index is 0.0253. The van der Waals surface area contributed by atoms with E-state index >= 15 is 0 Å². The Balaban J connectivity index is 1.29. The summed E-state index contributed by atoms with van der Waals surface area (Å²) in [5.41, 5.74) is 5.09. The zero-order valence-electron chi connectivity index (χ0n) is 14.6. The van der Waals surface area contributed by atoms with Gasteiger partial charge < -0.3 is 10.2 Å². The van der Waals surface area contributed by atoms with Crippen LogP contribution in [-0.4, -0.2) is 42.0 Å². The van der Waals surface area contributed by atoms with Crippen LogP contribution in [0.1, 0.15) is 23.1 Å². The largest absolute Gasteiger partial charge is 0.322 e. The molecule has 0 unspecified atom stereocenters. The Morgan fingerprint density at radius 3 is 2.48 bits per heavy atom. The smallest absolute Gasteiger partial charge is 0.321 e. The molecule has 1 saturated heterocycles. The second-order valence-corrected chi connectivity index (χ2v) is 7.02. The Hall–Kier alpha value is -2.33. The third-order valence-corrected chi connectivity index (χ3v) is 5.26. The average Bonchev–Trinajstić information content (AvgIpc) is 3.11. The Bertz CT molecular complexity index is 736. The van der Waals surface area contributed by atoms with E-state index in [1.165, 1.54) is 29.5 Å². The van der Waals surface area contributed by atoms with E-state index in [-0.39, 0.29) is 6.03 Å². The third-order valence-electron chi connectivity index (χ3n) is 5.26.